The van der Waals surface area contributed by atoms with Crippen molar-refractivity contribution in [1.82, 2.24) is 15.1 Å². The van der Waals surface area contributed by atoms with Crippen LogP contribution in [0.1, 0.15) is 11.5 Å². The highest BCUT2D eigenvalue weighted by Gasteiger charge is 1.99. The molecule has 2 rings (SSSR count). The highest BCUT2D eigenvalue weighted by molar-refractivity contribution is 5.08. The Kier molecular flexibility index (Phi) is 1.90. The maximum absolute atomic E-state index is 4.68. The molecule has 12 heavy (non-hydrogen) atoms. The largest absolute Gasteiger partial charge is 0.365 e. The summed E-state index contributed by atoms with van der Waals surface area (Å²) in [6.45, 7) is 0. The van der Waals surface area contributed by atoms with Crippen LogP contribution in [0.25, 0.3) is 0 Å². The first-order chi connectivity index (χ1) is 5.95. The van der Waals surface area contributed by atoms with Crippen LogP contribution in [-0.4, -0.2) is 15.1 Å². The first-order valence-electron chi connectivity index (χ1n) is 3.67. The van der Waals surface area contributed by atoms with E-state index < -0.39 is 0 Å². The standard InChI is InChI=1S/C8H8N3O/c1(7-3-6-12-11-7)2-8-9-4-5-10-8/h2-6H,1H2,(H,9,10). The summed E-state index contributed by atoms with van der Waals surface area (Å²) in [4.78, 5) is 7.02. The first-order valence-corrected chi connectivity index (χ1v) is 3.67. The van der Waals surface area contributed by atoms with Crippen LogP contribution in [0, 0.1) is 6.42 Å². The molecule has 0 atom stereocenters. The summed E-state index contributed by atoms with van der Waals surface area (Å²) in [5.74, 6) is 0.859. The van der Waals surface area contributed by atoms with Gasteiger partial charge in [0.05, 0.1) is 5.69 Å². The number of nitrogens with zero attached hydrogens (tertiary/aromatic N) is 2. The molecule has 0 aliphatic heterocycles. The van der Waals surface area contributed by atoms with E-state index in [0.29, 0.717) is 0 Å². The van der Waals surface area contributed by atoms with Gasteiger partial charge >= 0.3 is 0 Å². The van der Waals surface area contributed by atoms with Crippen molar-refractivity contribution in [2.75, 3.05) is 0 Å². The van der Waals surface area contributed by atoms with Crippen molar-refractivity contribution < 1.29 is 4.52 Å². The third kappa shape index (κ3) is 1.53. The number of aromatic amines is 1. The molecule has 0 aromatic carbocycles. The van der Waals surface area contributed by atoms with Crippen molar-refractivity contribution in [3.8, 4) is 0 Å². The maximum Gasteiger partial charge on any atom is 0.124 e. The SMILES string of the molecule is [CH](Cc1ccon1)c1ncc[nH]1. The zero-order chi connectivity index (χ0) is 8.23. The van der Waals surface area contributed by atoms with Crippen molar-refractivity contribution in [1.29, 1.82) is 0 Å². The minimum absolute atomic E-state index is 0.740. The minimum atomic E-state index is 0.740. The van der Waals surface area contributed by atoms with E-state index in [1.165, 1.54) is 0 Å². The minimum Gasteiger partial charge on any atom is -0.365 e. The molecule has 2 aromatic rings. The second-order valence-electron chi connectivity index (χ2n) is 2.37. The summed E-state index contributed by atoms with van der Waals surface area (Å²) in [5.41, 5.74) is 0.909. The second-order valence-corrected chi connectivity index (χ2v) is 2.37. The van der Waals surface area contributed by atoms with E-state index in [-0.39, 0.29) is 0 Å². The molecular formula is C8H8N3O. The lowest BCUT2D eigenvalue weighted by Crippen LogP contribution is -1.90. The number of nitrogens with one attached hydrogen (secondary N) is 1. The second kappa shape index (κ2) is 3.21. The molecule has 0 saturated carbocycles. The molecule has 0 aliphatic carbocycles. The number of H-pyrrole nitrogens is 1. The van der Waals surface area contributed by atoms with Crippen LogP contribution in [-0.2, 0) is 6.42 Å². The average molecular weight is 162 g/mol. The van der Waals surface area contributed by atoms with Gasteiger partial charge in [-0.05, 0) is 0 Å². The molecule has 0 amide bonds. The summed E-state index contributed by atoms with van der Waals surface area (Å²) in [6, 6.07) is 1.83. The number of aromatic nitrogens is 3. The van der Waals surface area contributed by atoms with Gasteiger partial charge in [0.2, 0.25) is 0 Å². The maximum atomic E-state index is 4.68. The molecule has 61 valence electrons. The molecule has 2 heterocycles. The molecule has 1 radical (unpaired) electrons. The summed E-state index contributed by atoms with van der Waals surface area (Å²) in [7, 11) is 0. The molecule has 4 heteroatoms. The predicted octanol–water partition coefficient (Wildman–Crippen LogP) is 1.19. The van der Waals surface area contributed by atoms with Gasteiger partial charge in [-0.2, -0.15) is 0 Å². The molecule has 0 bridgehead atoms. The Balaban J connectivity index is 1.91. The Labute approximate surface area is 69.6 Å². The lowest BCUT2D eigenvalue weighted by atomic mass is 10.2. The highest BCUT2D eigenvalue weighted by atomic mass is 16.5. The number of imidazole rings is 1. The third-order valence-corrected chi connectivity index (χ3v) is 1.52. The normalized spacial score (nSPS) is 10.3. The van der Waals surface area contributed by atoms with E-state index in [0.717, 1.165) is 17.9 Å². The molecule has 4 nitrogen and oxygen atoms in total. The van der Waals surface area contributed by atoms with E-state index in [4.69, 9.17) is 0 Å². The monoisotopic (exact) mass is 162 g/mol. The lowest BCUT2D eigenvalue weighted by Gasteiger charge is -1.90. The summed E-state index contributed by atoms with van der Waals surface area (Å²) in [6.07, 6.45) is 7.76. The molecule has 0 unspecified atom stereocenters. The van der Waals surface area contributed by atoms with Gasteiger partial charge in [0, 0.05) is 31.3 Å². The summed E-state index contributed by atoms with van der Waals surface area (Å²) < 4.78 is 4.68. The Bertz CT molecular complexity index is 278. The number of hydrogen-bond donors (Lipinski definition) is 1. The Hall–Kier alpha value is -1.58. The fourth-order valence-electron chi connectivity index (χ4n) is 0.933. The van der Waals surface area contributed by atoms with Crippen molar-refractivity contribution in [3.05, 3.63) is 42.7 Å². The molecule has 2 aromatic heterocycles. The molecule has 0 spiro atoms. The van der Waals surface area contributed by atoms with Crippen molar-refractivity contribution in [2.24, 2.45) is 0 Å². The zero-order valence-electron chi connectivity index (χ0n) is 6.40. The van der Waals surface area contributed by atoms with Crippen molar-refractivity contribution >= 4 is 0 Å². The third-order valence-electron chi connectivity index (χ3n) is 1.52. The van der Waals surface area contributed by atoms with Gasteiger partial charge in [-0.25, -0.2) is 4.98 Å². The number of hydrogen-bond acceptors (Lipinski definition) is 3. The van der Waals surface area contributed by atoms with Gasteiger partial charge in [0.15, 0.2) is 0 Å². The Morgan fingerprint density at radius 3 is 3.25 bits per heavy atom. The van der Waals surface area contributed by atoms with Crippen LogP contribution < -0.4 is 0 Å². The summed E-state index contributed by atoms with van der Waals surface area (Å²) >= 11 is 0. The van der Waals surface area contributed by atoms with Gasteiger partial charge < -0.3 is 9.51 Å². The Morgan fingerprint density at radius 1 is 1.58 bits per heavy atom. The molecule has 0 aliphatic rings. The predicted molar refractivity (Wildman–Crippen MR) is 42.2 cm³/mol. The fraction of sp³-hybridized carbons (Fsp3) is 0.125. The zero-order valence-corrected chi connectivity index (χ0v) is 6.40. The summed E-state index contributed by atoms with van der Waals surface area (Å²) in [5, 5.41) is 3.77. The van der Waals surface area contributed by atoms with Crippen LogP contribution in [0.15, 0.2) is 29.2 Å². The smallest absolute Gasteiger partial charge is 0.124 e. The van der Waals surface area contributed by atoms with E-state index in [9.17, 15) is 0 Å². The van der Waals surface area contributed by atoms with E-state index in [1.54, 1.807) is 18.7 Å². The first kappa shape index (κ1) is 7.09. The van der Waals surface area contributed by atoms with Crippen LogP contribution in [0.4, 0.5) is 0 Å². The van der Waals surface area contributed by atoms with Gasteiger partial charge in [-0.1, -0.05) is 5.16 Å². The quantitative estimate of drug-likeness (QED) is 0.737. The Morgan fingerprint density at radius 2 is 2.58 bits per heavy atom. The van der Waals surface area contributed by atoms with Gasteiger partial charge in [-0.3, -0.25) is 0 Å². The highest BCUT2D eigenvalue weighted by Crippen LogP contribution is 2.02. The van der Waals surface area contributed by atoms with E-state index in [1.807, 2.05) is 12.5 Å². The average Bonchev–Trinajstić information content (AvgIpc) is 2.74. The topological polar surface area (TPSA) is 54.7 Å². The van der Waals surface area contributed by atoms with Crippen LogP contribution in [0.3, 0.4) is 0 Å². The van der Waals surface area contributed by atoms with Crippen LogP contribution in [0.2, 0.25) is 0 Å². The molecule has 0 fully saturated rings. The number of rotatable bonds is 3. The van der Waals surface area contributed by atoms with Gasteiger partial charge in [0.25, 0.3) is 0 Å². The van der Waals surface area contributed by atoms with E-state index >= 15 is 0 Å². The lowest BCUT2D eigenvalue weighted by molar-refractivity contribution is 0.413. The van der Waals surface area contributed by atoms with Crippen LogP contribution in [0.5, 0.6) is 0 Å². The molecule has 0 saturated heterocycles. The van der Waals surface area contributed by atoms with Crippen LogP contribution >= 0.6 is 0 Å². The van der Waals surface area contributed by atoms with Crippen molar-refractivity contribution in [3.63, 3.8) is 0 Å². The van der Waals surface area contributed by atoms with E-state index in [2.05, 4.69) is 19.6 Å². The van der Waals surface area contributed by atoms with Crippen molar-refractivity contribution in [2.45, 2.75) is 6.42 Å². The fourth-order valence-corrected chi connectivity index (χ4v) is 0.933. The van der Waals surface area contributed by atoms with Gasteiger partial charge in [0.1, 0.15) is 12.1 Å². The van der Waals surface area contributed by atoms with Gasteiger partial charge in [-0.15, -0.1) is 0 Å². The molecule has 1 N–H and O–H groups in total. The molecular weight excluding hydrogens is 154 g/mol.